The maximum Gasteiger partial charge on any atom is 0.276 e. The molecule has 0 saturated heterocycles. The number of aryl methyl sites for hydroxylation is 1. The number of rotatable bonds is 5. The van der Waals surface area contributed by atoms with Gasteiger partial charge in [-0.2, -0.15) is 0 Å². The van der Waals surface area contributed by atoms with Gasteiger partial charge in [-0.1, -0.05) is 29.8 Å². The summed E-state index contributed by atoms with van der Waals surface area (Å²) in [6.07, 6.45) is 12.4. The Kier molecular flexibility index (Phi) is 5.52. The van der Waals surface area contributed by atoms with Gasteiger partial charge in [0, 0.05) is 18.8 Å². The molecule has 0 spiro atoms. The lowest BCUT2D eigenvalue weighted by Crippen LogP contribution is -2.35. The van der Waals surface area contributed by atoms with Crippen molar-refractivity contribution in [3.8, 4) is 0 Å². The molecule has 1 aliphatic heterocycles. The average Bonchev–Trinajstić information content (AvgIpc) is 2.74. The average molecular weight is 361 g/mol. The Hall–Kier alpha value is -2.62. The SMILES string of the molecule is O=C(c1ccc(NCCC2=CCCCC2)cn1)N1CCCc2ccccc21. The Bertz CT molecular complexity index is 826. The summed E-state index contributed by atoms with van der Waals surface area (Å²) in [6.45, 7) is 1.67. The minimum atomic E-state index is -0.0129. The van der Waals surface area contributed by atoms with Crippen LogP contribution in [0.1, 0.15) is 54.6 Å². The van der Waals surface area contributed by atoms with E-state index in [2.05, 4.69) is 22.4 Å². The fourth-order valence-corrected chi connectivity index (χ4v) is 4.01. The number of nitrogens with zero attached hydrogens (tertiary/aromatic N) is 2. The molecule has 4 rings (SSSR count). The van der Waals surface area contributed by atoms with Gasteiger partial charge < -0.3 is 10.2 Å². The fourth-order valence-electron chi connectivity index (χ4n) is 4.01. The van der Waals surface area contributed by atoms with Crippen LogP contribution in [0.4, 0.5) is 11.4 Å². The highest BCUT2D eigenvalue weighted by atomic mass is 16.2. The molecule has 140 valence electrons. The lowest BCUT2D eigenvalue weighted by molar-refractivity contribution is 0.0980. The molecule has 4 nitrogen and oxygen atoms in total. The Morgan fingerprint density at radius 1 is 1.07 bits per heavy atom. The third kappa shape index (κ3) is 4.21. The molecule has 27 heavy (non-hydrogen) atoms. The predicted molar refractivity (Wildman–Crippen MR) is 110 cm³/mol. The summed E-state index contributed by atoms with van der Waals surface area (Å²) < 4.78 is 0. The molecular weight excluding hydrogens is 334 g/mol. The molecule has 1 amide bonds. The molecule has 0 bridgehead atoms. The molecule has 1 N–H and O–H groups in total. The second-order valence-electron chi connectivity index (χ2n) is 7.41. The van der Waals surface area contributed by atoms with E-state index in [1.807, 2.05) is 35.2 Å². The number of carbonyl (C=O) groups excluding carboxylic acids is 1. The van der Waals surface area contributed by atoms with E-state index in [4.69, 9.17) is 0 Å². The number of anilines is 2. The van der Waals surface area contributed by atoms with Gasteiger partial charge in [-0.05, 0) is 68.7 Å². The lowest BCUT2D eigenvalue weighted by Gasteiger charge is -2.29. The van der Waals surface area contributed by atoms with Crippen LogP contribution in [0, 0.1) is 0 Å². The number of nitrogens with one attached hydrogen (secondary N) is 1. The molecule has 1 aromatic heterocycles. The number of para-hydroxylation sites is 1. The van der Waals surface area contributed by atoms with Crippen molar-refractivity contribution < 1.29 is 4.79 Å². The van der Waals surface area contributed by atoms with Crippen molar-refractivity contribution in [2.24, 2.45) is 0 Å². The zero-order valence-electron chi connectivity index (χ0n) is 15.8. The summed E-state index contributed by atoms with van der Waals surface area (Å²) in [5, 5.41) is 3.43. The molecule has 0 atom stereocenters. The number of hydrogen-bond donors (Lipinski definition) is 1. The van der Waals surface area contributed by atoms with E-state index in [1.165, 1.54) is 31.2 Å². The molecule has 2 aliphatic rings. The van der Waals surface area contributed by atoms with Crippen molar-refractivity contribution in [3.05, 3.63) is 65.5 Å². The van der Waals surface area contributed by atoms with E-state index in [-0.39, 0.29) is 5.91 Å². The Labute approximate surface area is 161 Å². The number of allylic oxidation sites excluding steroid dienone is 1. The van der Waals surface area contributed by atoms with Gasteiger partial charge in [0.1, 0.15) is 5.69 Å². The third-order valence-corrected chi connectivity index (χ3v) is 5.50. The van der Waals surface area contributed by atoms with E-state index in [1.54, 1.807) is 11.8 Å². The quantitative estimate of drug-likeness (QED) is 0.764. The standard InChI is InChI=1S/C23H27N3O/c27-23(26-16-6-10-19-9-4-5-11-22(19)26)21-13-12-20(17-25-21)24-15-14-18-7-2-1-3-8-18/h4-5,7,9,11-13,17,24H,1-3,6,8,10,14-16H2. The first kappa shape index (κ1) is 17.8. The minimum Gasteiger partial charge on any atom is -0.383 e. The van der Waals surface area contributed by atoms with Gasteiger partial charge in [0.2, 0.25) is 0 Å². The van der Waals surface area contributed by atoms with Gasteiger partial charge in [0.25, 0.3) is 5.91 Å². The topological polar surface area (TPSA) is 45.2 Å². The number of pyridine rings is 1. The van der Waals surface area contributed by atoms with Crippen molar-refractivity contribution in [2.75, 3.05) is 23.3 Å². The van der Waals surface area contributed by atoms with Crippen LogP contribution in [0.5, 0.6) is 0 Å². The van der Waals surface area contributed by atoms with Crippen molar-refractivity contribution in [2.45, 2.75) is 44.9 Å². The first-order valence-electron chi connectivity index (χ1n) is 10.1. The van der Waals surface area contributed by atoms with Crippen LogP contribution in [0.25, 0.3) is 0 Å². The van der Waals surface area contributed by atoms with E-state index in [0.29, 0.717) is 5.69 Å². The highest BCUT2D eigenvalue weighted by Crippen LogP contribution is 2.28. The zero-order chi connectivity index (χ0) is 18.5. The number of benzene rings is 1. The van der Waals surface area contributed by atoms with E-state index in [0.717, 1.165) is 43.7 Å². The van der Waals surface area contributed by atoms with Gasteiger partial charge in [0.15, 0.2) is 0 Å². The maximum atomic E-state index is 12.9. The van der Waals surface area contributed by atoms with Crippen LogP contribution in [0.2, 0.25) is 0 Å². The first-order valence-corrected chi connectivity index (χ1v) is 10.1. The second kappa shape index (κ2) is 8.38. The van der Waals surface area contributed by atoms with Crippen molar-refractivity contribution >= 4 is 17.3 Å². The van der Waals surface area contributed by atoms with E-state index < -0.39 is 0 Å². The first-order chi connectivity index (χ1) is 13.3. The smallest absolute Gasteiger partial charge is 0.276 e. The van der Waals surface area contributed by atoms with Crippen LogP contribution in [-0.4, -0.2) is 24.0 Å². The normalized spacial score (nSPS) is 16.4. The molecule has 0 radical (unpaired) electrons. The summed E-state index contributed by atoms with van der Waals surface area (Å²) in [6, 6.07) is 12.0. The summed E-state index contributed by atoms with van der Waals surface area (Å²) in [5.41, 5.74) is 5.32. The van der Waals surface area contributed by atoms with Gasteiger partial charge in [-0.15, -0.1) is 0 Å². The third-order valence-electron chi connectivity index (χ3n) is 5.50. The van der Waals surface area contributed by atoms with Crippen LogP contribution >= 0.6 is 0 Å². The zero-order valence-corrected chi connectivity index (χ0v) is 15.8. The summed E-state index contributed by atoms with van der Waals surface area (Å²) in [4.78, 5) is 19.2. The molecule has 1 aromatic carbocycles. The van der Waals surface area contributed by atoms with Crippen LogP contribution in [0.15, 0.2) is 54.2 Å². The summed E-state index contributed by atoms with van der Waals surface area (Å²) in [5.74, 6) is -0.0129. The minimum absolute atomic E-state index is 0.0129. The highest BCUT2D eigenvalue weighted by molar-refractivity contribution is 6.05. The van der Waals surface area contributed by atoms with E-state index in [9.17, 15) is 4.79 Å². The molecule has 4 heteroatoms. The number of aromatic nitrogens is 1. The molecular formula is C23H27N3O. The van der Waals surface area contributed by atoms with Gasteiger partial charge >= 0.3 is 0 Å². The van der Waals surface area contributed by atoms with Crippen LogP contribution in [0.3, 0.4) is 0 Å². The molecule has 0 unspecified atom stereocenters. The summed E-state index contributed by atoms with van der Waals surface area (Å²) >= 11 is 0. The highest BCUT2D eigenvalue weighted by Gasteiger charge is 2.23. The molecule has 0 fully saturated rings. The number of amides is 1. The Morgan fingerprint density at radius 3 is 2.81 bits per heavy atom. The van der Waals surface area contributed by atoms with Gasteiger partial charge in [0.05, 0.1) is 11.9 Å². The second-order valence-corrected chi connectivity index (χ2v) is 7.41. The van der Waals surface area contributed by atoms with Gasteiger partial charge in [-0.25, -0.2) is 4.98 Å². The van der Waals surface area contributed by atoms with Crippen molar-refractivity contribution in [1.82, 2.24) is 4.98 Å². The number of fused-ring (bicyclic) bond motifs is 1. The largest absolute Gasteiger partial charge is 0.383 e. The Morgan fingerprint density at radius 2 is 2.00 bits per heavy atom. The monoisotopic (exact) mass is 361 g/mol. The lowest BCUT2D eigenvalue weighted by atomic mass is 9.97. The van der Waals surface area contributed by atoms with Gasteiger partial charge in [-0.3, -0.25) is 4.79 Å². The fraction of sp³-hybridized carbons (Fsp3) is 0.391. The predicted octanol–water partition coefficient (Wildman–Crippen LogP) is 4.98. The van der Waals surface area contributed by atoms with Crippen LogP contribution in [-0.2, 0) is 6.42 Å². The Balaban J connectivity index is 1.37. The van der Waals surface area contributed by atoms with Crippen molar-refractivity contribution in [1.29, 1.82) is 0 Å². The molecule has 2 heterocycles. The molecule has 2 aromatic rings. The summed E-state index contributed by atoms with van der Waals surface area (Å²) in [7, 11) is 0. The van der Waals surface area contributed by atoms with E-state index >= 15 is 0 Å². The maximum absolute atomic E-state index is 12.9. The number of carbonyl (C=O) groups is 1. The van der Waals surface area contributed by atoms with Crippen LogP contribution < -0.4 is 10.2 Å². The van der Waals surface area contributed by atoms with Crippen molar-refractivity contribution in [3.63, 3.8) is 0 Å². The number of hydrogen-bond acceptors (Lipinski definition) is 3. The molecule has 0 saturated carbocycles. The molecule has 1 aliphatic carbocycles.